The van der Waals surface area contributed by atoms with Crippen molar-refractivity contribution in [1.29, 1.82) is 0 Å². The molecule has 1 aromatic carbocycles. The van der Waals surface area contributed by atoms with E-state index >= 15 is 0 Å². The van der Waals surface area contributed by atoms with Crippen LogP contribution in [0.5, 0.6) is 0 Å². The van der Waals surface area contributed by atoms with Crippen LogP contribution in [0.25, 0.3) is 0 Å². The molecule has 7 heteroatoms. The van der Waals surface area contributed by atoms with Crippen molar-refractivity contribution < 1.29 is 14.5 Å². The molecule has 1 heterocycles. The minimum absolute atomic E-state index is 0.0165. The van der Waals surface area contributed by atoms with Crippen molar-refractivity contribution in [2.24, 2.45) is 28.8 Å². The first-order valence-electron chi connectivity index (χ1n) is 7.82. The molecule has 2 aliphatic carbocycles. The Morgan fingerprint density at radius 1 is 1.21 bits per heavy atom. The Morgan fingerprint density at radius 2 is 1.83 bits per heavy atom. The molecule has 122 valence electrons. The van der Waals surface area contributed by atoms with E-state index in [-0.39, 0.29) is 41.2 Å². The number of allylic oxidation sites excluding steroid dienone is 2. The van der Waals surface area contributed by atoms with Gasteiger partial charge in [-0.2, -0.15) is 10.1 Å². The first-order chi connectivity index (χ1) is 11.5. The molecule has 0 spiro atoms. The van der Waals surface area contributed by atoms with Crippen molar-refractivity contribution in [3.8, 4) is 0 Å². The zero-order valence-corrected chi connectivity index (χ0v) is 13.0. The van der Waals surface area contributed by atoms with E-state index in [1.54, 1.807) is 19.1 Å². The van der Waals surface area contributed by atoms with Gasteiger partial charge in [-0.3, -0.25) is 19.7 Å². The van der Waals surface area contributed by atoms with Crippen molar-refractivity contribution in [3.63, 3.8) is 0 Å². The maximum atomic E-state index is 12.5. The van der Waals surface area contributed by atoms with Crippen molar-refractivity contribution in [3.05, 3.63) is 51.6 Å². The fourth-order valence-electron chi connectivity index (χ4n) is 4.03. The number of nitro benzene ring substituents is 1. The highest BCUT2D eigenvalue weighted by Crippen LogP contribution is 2.52. The second-order valence-electron chi connectivity index (χ2n) is 6.54. The topological polar surface area (TPSA) is 92.9 Å². The number of carbonyl (C=O) groups excluding carboxylic acids is 2. The summed E-state index contributed by atoms with van der Waals surface area (Å²) in [6.07, 6.45) is 6.24. The van der Waals surface area contributed by atoms with Gasteiger partial charge in [0.2, 0.25) is 0 Å². The number of nitrogens with zero attached hydrogens (tertiary/aromatic N) is 3. The predicted octanol–water partition coefficient (Wildman–Crippen LogP) is 2.04. The third kappa shape index (κ3) is 2.01. The minimum atomic E-state index is -0.466. The number of imide groups is 1. The van der Waals surface area contributed by atoms with E-state index in [1.807, 2.05) is 12.2 Å². The maximum absolute atomic E-state index is 12.5. The van der Waals surface area contributed by atoms with Gasteiger partial charge >= 0.3 is 0 Å². The minimum Gasteiger partial charge on any atom is -0.272 e. The molecule has 0 aromatic heterocycles. The molecule has 1 saturated heterocycles. The molecular formula is C17H15N3O4. The summed E-state index contributed by atoms with van der Waals surface area (Å²) in [6, 6.07) is 4.67. The van der Waals surface area contributed by atoms with Gasteiger partial charge in [-0.15, -0.1) is 0 Å². The first kappa shape index (κ1) is 14.7. The van der Waals surface area contributed by atoms with Gasteiger partial charge in [-0.1, -0.05) is 24.3 Å². The Kier molecular flexibility index (Phi) is 3.13. The summed E-state index contributed by atoms with van der Waals surface area (Å²) in [5.41, 5.74) is 1.01. The highest BCUT2D eigenvalue weighted by atomic mass is 16.6. The Labute approximate surface area is 137 Å². The molecule has 0 radical (unpaired) electrons. The molecule has 7 nitrogen and oxygen atoms in total. The lowest BCUT2D eigenvalue weighted by molar-refractivity contribution is -0.385. The lowest BCUT2D eigenvalue weighted by atomic mass is 9.85. The number of hydrazone groups is 1. The average molecular weight is 325 g/mol. The van der Waals surface area contributed by atoms with Crippen LogP contribution in [0, 0.1) is 40.7 Å². The Hall–Kier alpha value is -2.83. The van der Waals surface area contributed by atoms with E-state index in [0.29, 0.717) is 11.1 Å². The summed E-state index contributed by atoms with van der Waals surface area (Å²) in [5.74, 6) is -0.845. The molecule has 4 atom stereocenters. The van der Waals surface area contributed by atoms with E-state index in [4.69, 9.17) is 0 Å². The monoisotopic (exact) mass is 325 g/mol. The second kappa shape index (κ2) is 5.09. The van der Waals surface area contributed by atoms with Crippen molar-refractivity contribution in [2.75, 3.05) is 0 Å². The zero-order valence-electron chi connectivity index (χ0n) is 13.0. The number of benzene rings is 1. The zero-order chi connectivity index (χ0) is 17.0. The number of aryl methyl sites for hydroxylation is 1. The van der Waals surface area contributed by atoms with Crippen LogP contribution < -0.4 is 0 Å². The van der Waals surface area contributed by atoms with Gasteiger partial charge in [-0.05, 0) is 25.2 Å². The SMILES string of the molecule is Cc1ccc(/C=N\N2C(=O)[C@@H]3[C@@H](C2=O)[C@H]2C=C[C@H]3C2)cc1[N+](=O)[O-]. The Morgan fingerprint density at radius 3 is 2.42 bits per heavy atom. The van der Waals surface area contributed by atoms with Crippen molar-refractivity contribution in [1.82, 2.24) is 5.01 Å². The number of nitro groups is 1. The smallest absolute Gasteiger partial charge is 0.272 e. The molecule has 0 N–H and O–H groups in total. The number of hydrogen-bond acceptors (Lipinski definition) is 5. The van der Waals surface area contributed by atoms with Gasteiger partial charge in [0.05, 0.1) is 23.0 Å². The average Bonchev–Trinajstić information content (AvgIpc) is 3.22. The van der Waals surface area contributed by atoms with Gasteiger partial charge in [0, 0.05) is 17.2 Å². The van der Waals surface area contributed by atoms with Gasteiger partial charge in [0.1, 0.15) is 0 Å². The fraction of sp³-hybridized carbons (Fsp3) is 0.353. The molecule has 0 unspecified atom stereocenters. The van der Waals surface area contributed by atoms with Gasteiger partial charge in [-0.25, -0.2) is 0 Å². The third-order valence-corrected chi connectivity index (χ3v) is 5.20. The molecular weight excluding hydrogens is 310 g/mol. The van der Waals surface area contributed by atoms with Crippen LogP contribution in [0.3, 0.4) is 0 Å². The normalized spacial score (nSPS) is 30.6. The predicted molar refractivity (Wildman–Crippen MR) is 85.0 cm³/mol. The van der Waals surface area contributed by atoms with Crippen LogP contribution in [0.2, 0.25) is 0 Å². The molecule has 2 bridgehead atoms. The van der Waals surface area contributed by atoms with Crippen LogP contribution in [0.1, 0.15) is 17.5 Å². The van der Waals surface area contributed by atoms with Gasteiger partial charge < -0.3 is 0 Å². The highest BCUT2D eigenvalue weighted by molar-refractivity contribution is 6.06. The molecule has 2 amide bonds. The van der Waals surface area contributed by atoms with Gasteiger partial charge in [0.25, 0.3) is 17.5 Å². The molecule has 24 heavy (non-hydrogen) atoms. The largest absolute Gasteiger partial charge is 0.272 e. The summed E-state index contributed by atoms with van der Waals surface area (Å²) in [4.78, 5) is 35.5. The highest BCUT2D eigenvalue weighted by Gasteiger charge is 2.59. The summed E-state index contributed by atoms with van der Waals surface area (Å²) in [6.45, 7) is 1.65. The fourth-order valence-corrected chi connectivity index (χ4v) is 4.03. The summed E-state index contributed by atoms with van der Waals surface area (Å²) in [5, 5.41) is 15.9. The molecule has 2 fully saturated rings. The first-order valence-corrected chi connectivity index (χ1v) is 7.82. The molecule has 4 rings (SSSR count). The van der Waals surface area contributed by atoms with Crippen LogP contribution in [0.4, 0.5) is 5.69 Å². The number of hydrogen-bond donors (Lipinski definition) is 0. The summed E-state index contributed by atoms with van der Waals surface area (Å²) in [7, 11) is 0. The number of amides is 2. The lowest BCUT2D eigenvalue weighted by Gasteiger charge is -2.13. The van der Waals surface area contributed by atoms with Crippen LogP contribution >= 0.6 is 0 Å². The Bertz CT molecular complexity index is 799. The maximum Gasteiger partial charge on any atom is 0.272 e. The summed E-state index contributed by atoms with van der Waals surface area (Å²) >= 11 is 0. The lowest BCUT2D eigenvalue weighted by Crippen LogP contribution is -2.28. The molecule has 1 aliphatic heterocycles. The summed E-state index contributed by atoms with van der Waals surface area (Å²) < 4.78 is 0. The van der Waals surface area contributed by atoms with E-state index in [9.17, 15) is 19.7 Å². The van der Waals surface area contributed by atoms with E-state index in [1.165, 1.54) is 12.3 Å². The van der Waals surface area contributed by atoms with E-state index in [0.717, 1.165) is 11.4 Å². The van der Waals surface area contributed by atoms with Gasteiger partial charge in [0.15, 0.2) is 0 Å². The molecule has 3 aliphatic rings. The molecule has 1 saturated carbocycles. The number of carbonyl (C=O) groups is 2. The number of rotatable bonds is 3. The van der Waals surface area contributed by atoms with Crippen molar-refractivity contribution >= 4 is 23.7 Å². The quantitative estimate of drug-likeness (QED) is 0.279. The third-order valence-electron chi connectivity index (χ3n) is 5.20. The second-order valence-corrected chi connectivity index (χ2v) is 6.54. The molecule has 1 aromatic rings. The van der Waals surface area contributed by atoms with Crippen LogP contribution in [0.15, 0.2) is 35.5 Å². The standard InChI is InChI=1S/C17H15N3O4/c1-9-2-3-10(6-13(9)20(23)24)8-18-19-16(21)14-11-4-5-12(7-11)15(14)17(19)22/h2-6,8,11-12,14-15H,7H2,1H3/b18-8-/t11-,12-,14-,15-/m0/s1. The van der Waals surface area contributed by atoms with E-state index < -0.39 is 4.92 Å². The van der Waals surface area contributed by atoms with E-state index in [2.05, 4.69) is 5.10 Å². The van der Waals surface area contributed by atoms with Crippen molar-refractivity contribution in [2.45, 2.75) is 13.3 Å². The van der Waals surface area contributed by atoms with Crippen LogP contribution in [-0.2, 0) is 9.59 Å². The number of fused-ring (bicyclic) bond motifs is 5. The Balaban J connectivity index is 1.59. The van der Waals surface area contributed by atoms with Crippen LogP contribution in [-0.4, -0.2) is 28.0 Å².